The van der Waals surface area contributed by atoms with E-state index in [0.717, 1.165) is 5.56 Å². The molecular formula is C20H25FN2O4. The summed E-state index contributed by atoms with van der Waals surface area (Å²) in [7, 11) is 6.21. The highest BCUT2D eigenvalue weighted by atomic mass is 19.1. The van der Waals surface area contributed by atoms with Crippen LogP contribution in [-0.2, 0) is 6.54 Å². The standard InChI is InChI=1S/C20H25FN2O4/c1-13(16-11-15(25-3)7-9-18(16)26-4)22-20(24)23(2)12-14-6-8-19(27-5)17(21)10-14/h6-11,13H,12H2,1-5H3,(H,22,24). The summed E-state index contributed by atoms with van der Waals surface area (Å²) in [5, 5.41) is 2.91. The zero-order valence-electron chi connectivity index (χ0n) is 16.2. The average molecular weight is 376 g/mol. The van der Waals surface area contributed by atoms with Gasteiger partial charge in [-0.05, 0) is 42.8 Å². The molecule has 0 radical (unpaired) electrons. The summed E-state index contributed by atoms with van der Waals surface area (Å²) in [6.07, 6.45) is 0. The molecule has 27 heavy (non-hydrogen) atoms. The Bertz CT molecular complexity index is 798. The van der Waals surface area contributed by atoms with Crippen LogP contribution in [0, 0.1) is 5.82 Å². The van der Waals surface area contributed by atoms with Gasteiger partial charge in [0, 0.05) is 19.2 Å². The fraction of sp³-hybridized carbons (Fsp3) is 0.350. The summed E-state index contributed by atoms with van der Waals surface area (Å²) < 4.78 is 29.3. The Morgan fingerprint density at radius 1 is 1.07 bits per heavy atom. The molecule has 2 rings (SSSR count). The third-order valence-electron chi connectivity index (χ3n) is 4.23. The van der Waals surface area contributed by atoms with Crippen LogP contribution >= 0.6 is 0 Å². The number of carbonyl (C=O) groups excluding carboxylic acids is 1. The average Bonchev–Trinajstić information content (AvgIpc) is 2.67. The van der Waals surface area contributed by atoms with E-state index in [1.54, 1.807) is 45.5 Å². The highest BCUT2D eigenvalue weighted by Crippen LogP contribution is 2.29. The maximum atomic E-state index is 13.8. The summed E-state index contributed by atoms with van der Waals surface area (Å²) in [5.41, 5.74) is 1.46. The number of urea groups is 1. The van der Waals surface area contributed by atoms with Crippen LogP contribution in [0.5, 0.6) is 17.2 Å². The van der Waals surface area contributed by atoms with Crippen molar-refractivity contribution in [3.63, 3.8) is 0 Å². The van der Waals surface area contributed by atoms with Crippen molar-refractivity contribution < 1.29 is 23.4 Å². The lowest BCUT2D eigenvalue weighted by Crippen LogP contribution is -2.38. The smallest absolute Gasteiger partial charge is 0.317 e. The van der Waals surface area contributed by atoms with Gasteiger partial charge in [-0.25, -0.2) is 9.18 Å². The van der Waals surface area contributed by atoms with Crippen LogP contribution in [0.2, 0.25) is 0 Å². The van der Waals surface area contributed by atoms with E-state index in [-0.39, 0.29) is 24.4 Å². The second-order valence-corrected chi connectivity index (χ2v) is 6.10. The highest BCUT2D eigenvalue weighted by Gasteiger charge is 2.18. The monoisotopic (exact) mass is 376 g/mol. The van der Waals surface area contributed by atoms with Gasteiger partial charge in [0.25, 0.3) is 0 Å². The number of ether oxygens (including phenoxy) is 3. The maximum Gasteiger partial charge on any atom is 0.317 e. The minimum atomic E-state index is -0.460. The van der Waals surface area contributed by atoms with Crippen LogP contribution in [0.4, 0.5) is 9.18 Å². The molecule has 2 aromatic rings. The summed E-state index contributed by atoms with van der Waals surface area (Å²) in [6, 6.07) is 9.43. The van der Waals surface area contributed by atoms with Crippen LogP contribution in [0.15, 0.2) is 36.4 Å². The molecule has 0 aromatic heterocycles. The number of hydrogen-bond donors (Lipinski definition) is 1. The Kier molecular flexibility index (Phi) is 6.87. The number of benzene rings is 2. The number of amides is 2. The summed E-state index contributed by atoms with van der Waals surface area (Å²) in [5.74, 6) is 1.04. The Labute approximate surface area is 158 Å². The van der Waals surface area contributed by atoms with Gasteiger partial charge in [0.2, 0.25) is 0 Å². The molecule has 0 bridgehead atoms. The number of rotatable bonds is 7. The molecule has 6 nitrogen and oxygen atoms in total. The van der Waals surface area contributed by atoms with E-state index < -0.39 is 5.82 Å². The van der Waals surface area contributed by atoms with Gasteiger partial charge in [-0.2, -0.15) is 0 Å². The molecule has 1 atom stereocenters. The Balaban J connectivity index is 2.06. The van der Waals surface area contributed by atoms with Crippen LogP contribution in [-0.4, -0.2) is 39.3 Å². The second kappa shape index (κ2) is 9.12. The van der Waals surface area contributed by atoms with Crippen LogP contribution in [0.1, 0.15) is 24.1 Å². The largest absolute Gasteiger partial charge is 0.497 e. The van der Waals surface area contributed by atoms with Crippen molar-refractivity contribution in [1.29, 1.82) is 0 Å². The van der Waals surface area contributed by atoms with Gasteiger partial charge in [0.1, 0.15) is 11.5 Å². The summed E-state index contributed by atoms with van der Waals surface area (Å²) >= 11 is 0. The van der Waals surface area contributed by atoms with Crippen molar-refractivity contribution >= 4 is 6.03 Å². The summed E-state index contributed by atoms with van der Waals surface area (Å²) in [4.78, 5) is 14.0. The highest BCUT2D eigenvalue weighted by molar-refractivity contribution is 5.74. The van der Waals surface area contributed by atoms with Crippen molar-refractivity contribution in [1.82, 2.24) is 10.2 Å². The number of nitrogens with one attached hydrogen (secondary N) is 1. The lowest BCUT2D eigenvalue weighted by atomic mass is 10.1. The SMILES string of the molecule is COc1ccc(OC)c(C(C)NC(=O)N(C)Cc2ccc(OC)c(F)c2)c1. The van der Waals surface area contributed by atoms with Crippen molar-refractivity contribution in [2.45, 2.75) is 19.5 Å². The zero-order chi connectivity index (χ0) is 20.0. The van der Waals surface area contributed by atoms with Gasteiger partial charge in [-0.3, -0.25) is 0 Å². The first-order valence-corrected chi connectivity index (χ1v) is 8.45. The molecule has 0 spiro atoms. The molecule has 1 N–H and O–H groups in total. The fourth-order valence-corrected chi connectivity index (χ4v) is 2.70. The Morgan fingerprint density at radius 3 is 2.33 bits per heavy atom. The van der Waals surface area contributed by atoms with Crippen LogP contribution in [0.25, 0.3) is 0 Å². The molecule has 0 heterocycles. The van der Waals surface area contributed by atoms with Gasteiger partial charge in [-0.15, -0.1) is 0 Å². The van der Waals surface area contributed by atoms with E-state index >= 15 is 0 Å². The Hall–Kier alpha value is -2.96. The first-order valence-electron chi connectivity index (χ1n) is 8.45. The molecule has 0 saturated heterocycles. The molecule has 0 fully saturated rings. The normalized spacial score (nSPS) is 11.5. The quantitative estimate of drug-likeness (QED) is 0.799. The molecule has 0 aliphatic carbocycles. The first-order chi connectivity index (χ1) is 12.9. The van der Waals surface area contributed by atoms with Gasteiger partial charge >= 0.3 is 6.03 Å². The number of hydrogen-bond acceptors (Lipinski definition) is 4. The maximum absolute atomic E-state index is 13.8. The van der Waals surface area contributed by atoms with Gasteiger partial charge < -0.3 is 24.4 Å². The van der Waals surface area contributed by atoms with E-state index in [9.17, 15) is 9.18 Å². The van der Waals surface area contributed by atoms with E-state index in [4.69, 9.17) is 14.2 Å². The predicted octanol–water partition coefficient (Wildman–Crippen LogP) is 3.75. The topological polar surface area (TPSA) is 60.0 Å². The fourth-order valence-electron chi connectivity index (χ4n) is 2.70. The Morgan fingerprint density at radius 2 is 1.74 bits per heavy atom. The van der Waals surface area contributed by atoms with E-state index in [2.05, 4.69) is 5.32 Å². The zero-order valence-corrected chi connectivity index (χ0v) is 16.2. The van der Waals surface area contributed by atoms with Gasteiger partial charge in [0.15, 0.2) is 11.6 Å². The third-order valence-corrected chi connectivity index (χ3v) is 4.23. The minimum Gasteiger partial charge on any atom is -0.497 e. The molecular weight excluding hydrogens is 351 g/mol. The van der Waals surface area contributed by atoms with Gasteiger partial charge in [-0.1, -0.05) is 6.07 Å². The molecule has 0 aliphatic heterocycles. The molecule has 0 saturated carbocycles. The van der Waals surface area contributed by atoms with Gasteiger partial charge in [0.05, 0.1) is 27.4 Å². The molecule has 2 amide bonds. The van der Waals surface area contributed by atoms with Crippen molar-refractivity contribution in [3.8, 4) is 17.2 Å². The van der Waals surface area contributed by atoms with Crippen molar-refractivity contribution in [2.24, 2.45) is 0 Å². The molecule has 2 aromatic carbocycles. The molecule has 0 aliphatic rings. The summed E-state index contributed by atoms with van der Waals surface area (Å²) in [6.45, 7) is 2.12. The third kappa shape index (κ3) is 5.03. The predicted molar refractivity (Wildman–Crippen MR) is 101 cm³/mol. The first kappa shape index (κ1) is 20.4. The van der Waals surface area contributed by atoms with E-state index in [0.29, 0.717) is 17.1 Å². The molecule has 146 valence electrons. The second-order valence-electron chi connectivity index (χ2n) is 6.10. The van der Waals surface area contributed by atoms with E-state index in [1.807, 2.05) is 13.0 Å². The lowest BCUT2D eigenvalue weighted by Gasteiger charge is -2.23. The number of halogens is 1. The number of nitrogens with zero attached hydrogens (tertiary/aromatic N) is 1. The molecule has 1 unspecified atom stereocenters. The van der Waals surface area contributed by atoms with Crippen LogP contribution in [0.3, 0.4) is 0 Å². The van der Waals surface area contributed by atoms with Crippen molar-refractivity contribution in [2.75, 3.05) is 28.4 Å². The lowest BCUT2D eigenvalue weighted by molar-refractivity contribution is 0.203. The minimum absolute atomic E-state index is 0.171. The van der Waals surface area contributed by atoms with E-state index in [1.165, 1.54) is 18.1 Å². The molecule has 7 heteroatoms. The number of methoxy groups -OCH3 is 3. The number of carbonyl (C=O) groups is 1. The van der Waals surface area contributed by atoms with Crippen LogP contribution < -0.4 is 19.5 Å². The van der Waals surface area contributed by atoms with Crippen molar-refractivity contribution in [3.05, 3.63) is 53.3 Å².